The molecule has 4 heteroatoms. The molecule has 4 nitrogen and oxygen atoms in total. The summed E-state index contributed by atoms with van der Waals surface area (Å²) in [6.45, 7) is 0.607. The van der Waals surface area contributed by atoms with Crippen molar-refractivity contribution in [3.05, 3.63) is 23.9 Å². The molecule has 0 saturated heterocycles. The maximum absolute atomic E-state index is 12.3. The van der Waals surface area contributed by atoms with E-state index in [0.29, 0.717) is 12.5 Å². The highest BCUT2D eigenvalue weighted by Crippen LogP contribution is 2.48. The number of nitrogens with one attached hydrogen (secondary N) is 1. The number of aromatic nitrogens is 1. The van der Waals surface area contributed by atoms with E-state index in [2.05, 4.69) is 10.3 Å². The van der Waals surface area contributed by atoms with E-state index in [9.17, 15) is 4.79 Å². The zero-order chi connectivity index (χ0) is 14.1. The topological polar surface area (TPSA) is 45.2 Å². The highest BCUT2D eigenvalue weighted by atomic mass is 16.1. The monoisotopic (exact) mass is 273 g/mol. The summed E-state index contributed by atoms with van der Waals surface area (Å²) in [6.07, 6.45) is 6.77. The fraction of sp³-hybridized carbons (Fsp3) is 0.625. The number of amides is 1. The molecule has 2 fully saturated rings. The van der Waals surface area contributed by atoms with Crippen molar-refractivity contribution in [1.29, 1.82) is 0 Å². The van der Waals surface area contributed by atoms with Crippen LogP contribution in [0.2, 0.25) is 0 Å². The highest BCUT2D eigenvalue weighted by Gasteiger charge is 2.42. The number of rotatable bonds is 4. The van der Waals surface area contributed by atoms with E-state index < -0.39 is 0 Å². The average Bonchev–Trinajstić information content (AvgIpc) is 3.07. The van der Waals surface area contributed by atoms with E-state index in [-0.39, 0.29) is 11.8 Å². The third-order valence-corrected chi connectivity index (χ3v) is 4.81. The Morgan fingerprint density at radius 1 is 1.40 bits per heavy atom. The van der Waals surface area contributed by atoms with Crippen molar-refractivity contribution >= 4 is 11.7 Å². The Bertz CT molecular complexity index is 500. The molecule has 20 heavy (non-hydrogen) atoms. The molecule has 1 aromatic rings. The third-order valence-electron chi connectivity index (χ3n) is 4.81. The van der Waals surface area contributed by atoms with E-state index in [1.807, 2.05) is 31.1 Å². The van der Waals surface area contributed by atoms with Crippen LogP contribution in [-0.2, 0) is 11.3 Å². The smallest absolute Gasteiger partial charge is 0.223 e. The van der Waals surface area contributed by atoms with Crippen molar-refractivity contribution in [2.45, 2.75) is 32.2 Å². The van der Waals surface area contributed by atoms with Gasteiger partial charge in [0.2, 0.25) is 5.91 Å². The normalized spacial score (nSPS) is 27.6. The zero-order valence-corrected chi connectivity index (χ0v) is 12.3. The number of fused-ring (bicyclic) bond motifs is 2. The van der Waals surface area contributed by atoms with Crippen LogP contribution in [0.15, 0.2) is 18.3 Å². The molecule has 1 N–H and O–H groups in total. The van der Waals surface area contributed by atoms with Crippen LogP contribution in [-0.4, -0.2) is 25.0 Å². The van der Waals surface area contributed by atoms with Crippen LogP contribution < -0.4 is 10.2 Å². The van der Waals surface area contributed by atoms with E-state index in [1.165, 1.54) is 19.3 Å². The average molecular weight is 273 g/mol. The second-order valence-corrected chi connectivity index (χ2v) is 6.42. The van der Waals surface area contributed by atoms with Crippen LogP contribution in [0.5, 0.6) is 0 Å². The van der Waals surface area contributed by atoms with Gasteiger partial charge in [0.1, 0.15) is 5.82 Å². The number of carbonyl (C=O) groups is 1. The fourth-order valence-electron chi connectivity index (χ4n) is 3.70. The molecule has 0 radical (unpaired) electrons. The van der Waals surface area contributed by atoms with Gasteiger partial charge < -0.3 is 10.2 Å². The van der Waals surface area contributed by atoms with Gasteiger partial charge >= 0.3 is 0 Å². The highest BCUT2D eigenvalue weighted by molar-refractivity contribution is 5.79. The summed E-state index contributed by atoms with van der Waals surface area (Å²) < 4.78 is 0. The molecule has 1 amide bonds. The summed E-state index contributed by atoms with van der Waals surface area (Å²) in [6, 6.07) is 4.00. The second kappa shape index (κ2) is 5.43. The number of pyridine rings is 1. The van der Waals surface area contributed by atoms with E-state index in [4.69, 9.17) is 0 Å². The molecule has 108 valence electrons. The van der Waals surface area contributed by atoms with Crippen molar-refractivity contribution in [2.75, 3.05) is 19.0 Å². The standard InChI is InChI=1S/C16H23N3O/c1-19(2)15-9-12(5-6-17-15)10-18-16(20)14-8-11-3-4-13(14)7-11/h5-6,9,11,13-14H,3-4,7-8,10H2,1-2H3,(H,18,20)/t11-,13-,14-/m0/s1. The minimum Gasteiger partial charge on any atom is -0.363 e. The van der Waals surface area contributed by atoms with Gasteiger partial charge in [-0.15, -0.1) is 0 Å². The largest absolute Gasteiger partial charge is 0.363 e. The molecular formula is C16H23N3O. The second-order valence-electron chi connectivity index (χ2n) is 6.42. The number of hydrogen-bond donors (Lipinski definition) is 1. The predicted molar refractivity (Wildman–Crippen MR) is 79.3 cm³/mol. The quantitative estimate of drug-likeness (QED) is 0.914. The maximum Gasteiger partial charge on any atom is 0.223 e. The lowest BCUT2D eigenvalue weighted by Gasteiger charge is -2.21. The van der Waals surface area contributed by atoms with Gasteiger partial charge in [-0.2, -0.15) is 0 Å². The summed E-state index contributed by atoms with van der Waals surface area (Å²) in [5, 5.41) is 3.11. The fourth-order valence-corrected chi connectivity index (χ4v) is 3.70. The van der Waals surface area contributed by atoms with Crippen molar-refractivity contribution in [2.24, 2.45) is 17.8 Å². The van der Waals surface area contributed by atoms with Crippen molar-refractivity contribution in [3.63, 3.8) is 0 Å². The van der Waals surface area contributed by atoms with Gasteiger partial charge in [-0.05, 0) is 48.8 Å². The minimum absolute atomic E-state index is 0.250. The molecular weight excluding hydrogens is 250 g/mol. The van der Waals surface area contributed by atoms with E-state index in [1.54, 1.807) is 6.20 Å². The Kier molecular flexibility index (Phi) is 3.64. The molecule has 1 aromatic heterocycles. The lowest BCUT2D eigenvalue weighted by atomic mass is 9.88. The minimum atomic E-state index is 0.250. The van der Waals surface area contributed by atoms with E-state index >= 15 is 0 Å². The van der Waals surface area contributed by atoms with Crippen molar-refractivity contribution in [1.82, 2.24) is 10.3 Å². The number of carbonyl (C=O) groups excluding carboxylic acids is 1. The Balaban J connectivity index is 1.56. The molecule has 3 rings (SSSR count). The van der Waals surface area contributed by atoms with Crippen LogP contribution in [0, 0.1) is 17.8 Å². The predicted octanol–water partition coefficient (Wildman–Crippen LogP) is 2.20. The van der Waals surface area contributed by atoms with Crippen LogP contribution in [0.4, 0.5) is 5.82 Å². The van der Waals surface area contributed by atoms with E-state index in [0.717, 1.165) is 23.7 Å². The summed E-state index contributed by atoms with van der Waals surface area (Å²) in [5.74, 6) is 2.91. The molecule has 2 aliphatic carbocycles. The maximum atomic E-state index is 12.3. The van der Waals surface area contributed by atoms with Crippen LogP contribution in [0.3, 0.4) is 0 Å². The van der Waals surface area contributed by atoms with Gasteiger partial charge in [-0.1, -0.05) is 6.42 Å². The van der Waals surface area contributed by atoms with Gasteiger partial charge in [-0.25, -0.2) is 4.98 Å². The molecule has 0 unspecified atom stereocenters. The Morgan fingerprint density at radius 2 is 2.25 bits per heavy atom. The molecule has 2 saturated carbocycles. The summed E-state index contributed by atoms with van der Waals surface area (Å²) in [7, 11) is 3.94. The molecule has 0 spiro atoms. The molecule has 1 heterocycles. The Morgan fingerprint density at radius 3 is 2.90 bits per heavy atom. The van der Waals surface area contributed by atoms with Crippen molar-refractivity contribution in [3.8, 4) is 0 Å². The summed E-state index contributed by atoms with van der Waals surface area (Å²) in [4.78, 5) is 18.6. The third kappa shape index (κ3) is 2.65. The van der Waals surface area contributed by atoms with Crippen LogP contribution in [0.1, 0.15) is 31.2 Å². The molecule has 0 aliphatic heterocycles. The van der Waals surface area contributed by atoms with Crippen molar-refractivity contribution < 1.29 is 4.79 Å². The first kappa shape index (κ1) is 13.4. The molecule has 0 aromatic carbocycles. The lowest BCUT2D eigenvalue weighted by Crippen LogP contribution is -2.33. The Hall–Kier alpha value is -1.58. The van der Waals surface area contributed by atoms with Gasteiger partial charge in [-0.3, -0.25) is 4.79 Å². The molecule has 2 bridgehead atoms. The summed E-state index contributed by atoms with van der Waals surface area (Å²) >= 11 is 0. The van der Waals surface area contributed by atoms with Crippen LogP contribution >= 0.6 is 0 Å². The molecule has 3 atom stereocenters. The Labute approximate surface area is 120 Å². The lowest BCUT2D eigenvalue weighted by molar-refractivity contribution is -0.126. The van der Waals surface area contributed by atoms with Crippen LogP contribution in [0.25, 0.3) is 0 Å². The first-order valence-corrected chi connectivity index (χ1v) is 7.53. The van der Waals surface area contributed by atoms with Gasteiger partial charge in [0.25, 0.3) is 0 Å². The SMILES string of the molecule is CN(C)c1cc(CNC(=O)[C@H]2C[C@H]3CC[C@H]2C3)ccn1. The number of anilines is 1. The first-order valence-electron chi connectivity index (χ1n) is 7.53. The molecule has 2 aliphatic rings. The summed E-state index contributed by atoms with van der Waals surface area (Å²) in [5.41, 5.74) is 1.11. The van der Waals surface area contributed by atoms with Gasteiger partial charge in [0, 0.05) is 32.8 Å². The van der Waals surface area contributed by atoms with Gasteiger partial charge in [0.15, 0.2) is 0 Å². The van der Waals surface area contributed by atoms with Gasteiger partial charge in [0.05, 0.1) is 0 Å². The number of hydrogen-bond acceptors (Lipinski definition) is 3. The zero-order valence-electron chi connectivity index (χ0n) is 12.3. The first-order chi connectivity index (χ1) is 9.63. The number of nitrogens with zero attached hydrogens (tertiary/aromatic N) is 2.